The Kier molecular flexibility index (Phi) is 4.04. The van der Waals surface area contributed by atoms with Crippen LogP contribution in [0, 0.1) is 10.1 Å². The molecule has 1 unspecified atom stereocenters. The van der Waals surface area contributed by atoms with Gasteiger partial charge in [-0.3, -0.25) is 10.1 Å². The summed E-state index contributed by atoms with van der Waals surface area (Å²) >= 11 is 6.11. The van der Waals surface area contributed by atoms with Crippen molar-refractivity contribution in [2.24, 2.45) is 0 Å². The van der Waals surface area contributed by atoms with Crippen molar-refractivity contribution < 1.29 is 9.66 Å². The number of rotatable bonds is 3. The Morgan fingerprint density at radius 2 is 2.33 bits per heavy atom. The van der Waals surface area contributed by atoms with E-state index in [1.807, 2.05) is 0 Å². The number of benzene rings is 1. The fourth-order valence-corrected chi connectivity index (χ4v) is 2.51. The molecule has 1 heterocycles. The number of nitro groups is 1. The number of ether oxygens (including phenoxy) is 1. The van der Waals surface area contributed by atoms with Gasteiger partial charge in [-0.25, -0.2) is 0 Å². The zero-order valence-corrected chi connectivity index (χ0v) is 10.9. The molecule has 0 aromatic heterocycles. The number of nitro benzene ring substituents is 1. The summed E-state index contributed by atoms with van der Waals surface area (Å²) < 4.78 is 5.35. The van der Waals surface area contributed by atoms with Gasteiger partial charge in [-0.05, 0) is 18.9 Å². The van der Waals surface area contributed by atoms with Crippen molar-refractivity contribution in [3.05, 3.63) is 33.3 Å². The number of anilines is 1. The molecule has 1 aromatic carbocycles. The molecule has 0 radical (unpaired) electrons. The first-order chi connectivity index (χ1) is 8.61. The van der Waals surface area contributed by atoms with Crippen LogP contribution in [0.1, 0.15) is 12.8 Å². The van der Waals surface area contributed by atoms with Crippen LogP contribution in [0.15, 0.2) is 18.2 Å². The fourth-order valence-electron chi connectivity index (χ4n) is 2.22. The molecular formula is C12H15ClN2O3. The van der Waals surface area contributed by atoms with Crippen LogP contribution in [-0.4, -0.2) is 31.2 Å². The summed E-state index contributed by atoms with van der Waals surface area (Å²) in [6.45, 7) is 1.67. The Balaban J connectivity index is 2.20. The lowest BCUT2D eigenvalue weighted by molar-refractivity contribution is -0.384. The van der Waals surface area contributed by atoms with Gasteiger partial charge in [-0.1, -0.05) is 11.6 Å². The van der Waals surface area contributed by atoms with Crippen molar-refractivity contribution in [2.45, 2.75) is 18.9 Å². The lowest BCUT2D eigenvalue weighted by atomic mass is 10.1. The molecule has 1 atom stereocenters. The minimum atomic E-state index is -0.441. The smallest absolute Gasteiger partial charge is 0.271 e. The van der Waals surface area contributed by atoms with Crippen molar-refractivity contribution >= 4 is 23.0 Å². The maximum absolute atomic E-state index is 10.7. The molecule has 2 rings (SSSR count). The Morgan fingerprint density at radius 1 is 1.56 bits per heavy atom. The standard InChI is InChI=1S/C12H15ClN2O3/c1-18-10-3-2-6-14(8-10)12-5-4-9(15(16)17)7-11(12)13/h4-5,7,10H,2-3,6,8H2,1H3. The van der Waals surface area contributed by atoms with E-state index in [1.54, 1.807) is 13.2 Å². The minimum Gasteiger partial charge on any atom is -0.380 e. The molecule has 0 spiro atoms. The third-order valence-electron chi connectivity index (χ3n) is 3.19. The van der Waals surface area contributed by atoms with Crippen LogP contribution in [0.25, 0.3) is 0 Å². The normalized spacial score (nSPS) is 19.9. The Morgan fingerprint density at radius 3 is 2.94 bits per heavy atom. The highest BCUT2D eigenvalue weighted by atomic mass is 35.5. The molecule has 0 saturated carbocycles. The Bertz CT molecular complexity index is 453. The summed E-state index contributed by atoms with van der Waals surface area (Å²) in [5.74, 6) is 0. The molecule has 0 aliphatic carbocycles. The van der Waals surface area contributed by atoms with Gasteiger partial charge in [0.15, 0.2) is 0 Å². The van der Waals surface area contributed by atoms with Crippen molar-refractivity contribution in [2.75, 3.05) is 25.1 Å². The largest absolute Gasteiger partial charge is 0.380 e. The van der Waals surface area contributed by atoms with Gasteiger partial charge < -0.3 is 9.64 Å². The van der Waals surface area contributed by atoms with Crippen LogP contribution in [0.5, 0.6) is 0 Å². The van der Waals surface area contributed by atoms with Gasteiger partial charge in [-0.15, -0.1) is 0 Å². The average Bonchev–Trinajstić information content (AvgIpc) is 2.38. The Labute approximate surface area is 110 Å². The van der Waals surface area contributed by atoms with E-state index in [1.165, 1.54) is 12.1 Å². The van der Waals surface area contributed by atoms with Crippen molar-refractivity contribution in [3.63, 3.8) is 0 Å². The molecule has 1 fully saturated rings. The van der Waals surface area contributed by atoms with Gasteiger partial charge in [0.1, 0.15) is 0 Å². The lowest BCUT2D eigenvalue weighted by Gasteiger charge is -2.34. The monoisotopic (exact) mass is 270 g/mol. The van der Waals surface area contributed by atoms with Crippen molar-refractivity contribution in [3.8, 4) is 0 Å². The van der Waals surface area contributed by atoms with E-state index in [2.05, 4.69) is 4.90 Å². The SMILES string of the molecule is COC1CCCN(c2ccc([N+](=O)[O-])cc2Cl)C1. The maximum atomic E-state index is 10.7. The average molecular weight is 271 g/mol. The van der Waals surface area contributed by atoms with Crippen LogP contribution in [-0.2, 0) is 4.74 Å². The molecule has 0 amide bonds. The second-order valence-corrected chi connectivity index (χ2v) is 4.75. The first kappa shape index (κ1) is 13.1. The highest BCUT2D eigenvalue weighted by Crippen LogP contribution is 2.31. The van der Waals surface area contributed by atoms with E-state index in [0.29, 0.717) is 5.02 Å². The summed E-state index contributed by atoms with van der Waals surface area (Å²) in [5.41, 5.74) is 0.855. The highest BCUT2D eigenvalue weighted by Gasteiger charge is 2.22. The van der Waals surface area contributed by atoms with Gasteiger partial charge >= 0.3 is 0 Å². The molecule has 1 aromatic rings. The molecule has 1 aliphatic rings. The summed E-state index contributed by atoms with van der Waals surface area (Å²) in [6, 6.07) is 4.59. The van der Waals surface area contributed by atoms with E-state index in [-0.39, 0.29) is 11.8 Å². The number of hydrogen-bond acceptors (Lipinski definition) is 4. The molecule has 1 saturated heterocycles. The van der Waals surface area contributed by atoms with Gasteiger partial charge in [0.05, 0.1) is 21.7 Å². The van der Waals surface area contributed by atoms with E-state index in [9.17, 15) is 10.1 Å². The van der Waals surface area contributed by atoms with Crippen LogP contribution in [0.3, 0.4) is 0 Å². The molecule has 6 heteroatoms. The number of piperidine rings is 1. The Hall–Kier alpha value is -1.33. The fraction of sp³-hybridized carbons (Fsp3) is 0.500. The van der Waals surface area contributed by atoms with Gasteiger partial charge in [-0.2, -0.15) is 0 Å². The maximum Gasteiger partial charge on any atom is 0.271 e. The van der Waals surface area contributed by atoms with Crippen LogP contribution >= 0.6 is 11.6 Å². The molecule has 98 valence electrons. The first-order valence-electron chi connectivity index (χ1n) is 5.83. The molecule has 18 heavy (non-hydrogen) atoms. The number of halogens is 1. The van der Waals surface area contributed by atoms with E-state index < -0.39 is 4.92 Å². The molecule has 5 nitrogen and oxygen atoms in total. The third-order valence-corrected chi connectivity index (χ3v) is 3.50. The summed E-state index contributed by atoms with van der Waals surface area (Å²) in [4.78, 5) is 12.3. The van der Waals surface area contributed by atoms with Crippen LogP contribution in [0.4, 0.5) is 11.4 Å². The summed E-state index contributed by atoms with van der Waals surface area (Å²) in [7, 11) is 1.70. The molecular weight excluding hydrogens is 256 g/mol. The lowest BCUT2D eigenvalue weighted by Crippen LogP contribution is -2.39. The number of hydrogen-bond donors (Lipinski definition) is 0. The number of nitrogens with zero attached hydrogens (tertiary/aromatic N) is 2. The van der Waals surface area contributed by atoms with Crippen LogP contribution < -0.4 is 4.90 Å². The molecule has 0 bridgehead atoms. The third kappa shape index (κ3) is 2.73. The van der Waals surface area contributed by atoms with Crippen molar-refractivity contribution in [1.29, 1.82) is 0 Å². The topological polar surface area (TPSA) is 55.6 Å². The second kappa shape index (κ2) is 5.54. The van der Waals surface area contributed by atoms with Gasteiger partial charge in [0.2, 0.25) is 0 Å². The zero-order chi connectivity index (χ0) is 13.1. The molecule has 1 aliphatic heterocycles. The van der Waals surface area contributed by atoms with Crippen molar-refractivity contribution in [1.82, 2.24) is 0 Å². The van der Waals surface area contributed by atoms with Gasteiger partial charge in [0, 0.05) is 32.3 Å². The minimum absolute atomic E-state index is 0.0176. The first-order valence-corrected chi connectivity index (χ1v) is 6.21. The number of non-ortho nitro benzene ring substituents is 1. The zero-order valence-electron chi connectivity index (χ0n) is 10.1. The predicted molar refractivity (Wildman–Crippen MR) is 70.4 cm³/mol. The van der Waals surface area contributed by atoms with E-state index in [4.69, 9.17) is 16.3 Å². The number of methoxy groups -OCH3 is 1. The van der Waals surface area contributed by atoms with E-state index >= 15 is 0 Å². The summed E-state index contributed by atoms with van der Waals surface area (Å²) in [6.07, 6.45) is 2.27. The van der Waals surface area contributed by atoms with Crippen LogP contribution in [0.2, 0.25) is 5.02 Å². The van der Waals surface area contributed by atoms with Gasteiger partial charge in [0.25, 0.3) is 5.69 Å². The predicted octanol–water partition coefficient (Wildman–Crippen LogP) is 2.86. The molecule has 0 N–H and O–H groups in total. The highest BCUT2D eigenvalue weighted by molar-refractivity contribution is 6.33. The second-order valence-electron chi connectivity index (χ2n) is 4.34. The van der Waals surface area contributed by atoms with E-state index in [0.717, 1.165) is 31.6 Å². The quantitative estimate of drug-likeness (QED) is 0.626. The summed E-state index contributed by atoms with van der Waals surface area (Å²) in [5, 5.41) is 11.1.